The van der Waals surface area contributed by atoms with Gasteiger partial charge in [-0.05, 0) is 55.8 Å². The van der Waals surface area contributed by atoms with Gasteiger partial charge >= 0.3 is 0 Å². The zero-order valence-electron chi connectivity index (χ0n) is 17.6. The van der Waals surface area contributed by atoms with Crippen LogP contribution in [0.1, 0.15) is 32.1 Å². The molecule has 2 saturated carbocycles. The van der Waals surface area contributed by atoms with Crippen molar-refractivity contribution in [2.24, 2.45) is 47.3 Å². The second-order valence-electron chi connectivity index (χ2n) is 10.2. The molecule has 2 heterocycles. The van der Waals surface area contributed by atoms with Gasteiger partial charge in [0.15, 0.2) is 0 Å². The van der Waals surface area contributed by atoms with E-state index < -0.39 is 35.7 Å². The SMILES string of the molecule is O=C([O-])C(CCCCN1C(=O)C2C3C=CC(C3)C2C1=O)N1C(=O)C2C3C=CC(C3)C2C1=O. The number of carboxylic acids is 1. The number of carbonyl (C=O) groups excluding carboxylic acids is 5. The van der Waals surface area contributed by atoms with Gasteiger partial charge in [0.25, 0.3) is 0 Å². The highest BCUT2D eigenvalue weighted by molar-refractivity contribution is 6.08. The summed E-state index contributed by atoms with van der Waals surface area (Å²) in [6.45, 7) is 0.241. The van der Waals surface area contributed by atoms with Crippen LogP contribution >= 0.6 is 0 Å². The summed E-state index contributed by atoms with van der Waals surface area (Å²) in [5.41, 5.74) is 0. The number of amides is 4. The van der Waals surface area contributed by atoms with E-state index in [4.69, 9.17) is 0 Å². The van der Waals surface area contributed by atoms with Gasteiger partial charge < -0.3 is 9.90 Å². The monoisotopic (exact) mass is 437 g/mol. The van der Waals surface area contributed by atoms with Crippen molar-refractivity contribution in [3.8, 4) is 0 Å². The average Bonchev–Trinajstić information content (AvgIpc) is 3.58. The maximum absolute atomic E-state index is 12.9. The van der Waals surface area contributed by atoms with Crippen molar-refractivity contribution in [1.29, 1.82) is 0 Å². The Kier molecular flexibility index (Phi) is 4.26. The van der Waals surface area contributed by atoms with Crippen molar-refractivity contribution in [3.63, 3.8) is 0 Å². The van der Waals surface area contributed by atoms with Crippen LogP contribution in [0.4, 0.5) is 0 Å². The molecule has 4 bridgehead atoms. The van der Waals surface area contributed by atoms with Crippen LogP contribution in [0.5, 0.6) is 0 Å². The van der Waals surface area contributed by atoms with Gasteiger partial charge in [0.1, 0.15) is 0 Å². The van der Waals surface area contributed by atoms with Crippen LogP contribution in [0, 0.1) is 47.3 Å². The number of carboxylic acid groups (broad SMARTS) is 1. The summed E-state index contributed by atoms with van der Waals surface area (Å²) in [6, 6.07) is -1.30. The molecular formula is C24H25N2O6-. The predicted octanol–water partition coefficient (Wildman–Crippen LogP) is -0.111. The largest absolute Gasteiger partial charge is 0.548 e. The summed E-state index contributed by atoms with van der Waals surface area (Å²) >= 11 is 0. The molecule has 0 aromatic heterocycles. The number of aliphatic carboxylic acids is 1. The van der Waals surface area contributed by atoms with Crippen LogP contribution in [-0.2, 0) is 24.0 Å². The van der Waals surface area contributed by atoms with Crippen LogP contribution in [0.2, 0.25) is 0 Å². The number of nitrogens with zero attached hydrogens (tertiary/aromatic N) is 2. The number of hydrogen-bond donors (Lipinski definition) is 0. The lowest BCUT2D eigenvalue weighted by molar-refractivity contribution is -0.311. The lowest BCUT2D eigenvalue weighted by Crippen LogP contribution is -2.51. The first kappa shape index (κ1) is 19.9. The van der Waals surface area contributed by atoms with Gasteiger partial charge in [-0.3, -0.25) is 29.0 Å². The van der Waals surface area contributed by atoms with Gasteiger partial charge in [0.2, 0.25) is 23.6 Å². The normalized spacial score (nSPS) is 41.4. The molecular weight excluding hydrogens is 412 g/mol. The number of imide groups is 2. The second kappa shape index (κ2) is 6.86. The molecule has 4 fully saturated rings. The van der Waals surface area contributed by atoms with Crippen molar-refractivity contribution < 1.29 is 29.1 Å². The maximum Gasteiger partial charge on any atom is 0.234 e. The molecule has 4 amide bonds. The molecule has 4 aliphatic carbocycles. The molecule has 0 aromatic rings. The third kappa shape index (κ3) is 2.52. The molecule has 0 spiro atoms. The summed E-state index contributed by atoms with van der Waals surface area (Å²) in [4.78, 5) is 65.5. The molecule has 6 rings (SSSR count). The summed E-state index contributed by atoms with van der Waals surface area (Å²) < 4.78 is 0. The second-order valence-corrected chi connectivity index (χ2v) is 10.2. The van der Waals surface area contributed by atoms with Crippen LogP contribution in [0.3, 0.4) is 0 Å². The van der Waals surface area contributed by atoms with Gasteiger partial charge in [0.05, 0.1) is 35.7 Å². The molecule has 168 valence electrons. The number of likely N-dealkylation sites (tertiary alicyclic amines) is 2. The van der Waals surface area contributed by atoms with Gasteiger partial charge in [-0.15, -0.1) is 0 Å². The van der Waals surface area contributed by atoms with Gasteiger partial charge in [-0.2, -0.15) is 0 Å². The first-order valence-electron chi connectivity index (χ1n) is 11.7. The van der Waals surface area contributed by atoms with E-state index in [1.807, 2.05) is 24.3 Å². The molecule has 2 aliphatic heterocycles. The van der Waals surface area contributed by atoms with Crippen molar-refractivity contribution in [2.45, 2.75) is 38.1 Å². The minimum absolute atomic E-state index is 0.0188. The van der Waals surface area contributed by atoms with Crippen LogP contribution in [-0.4, -0.2) is 52.0 Å². The van der Waals surface area contributed by atoms with Crippen molar-refractivity contribution in [1.82, 2.24) is 9.80 Å². The highest BCUT2D eigenvalue weighted by Crippen LogP contribution is 2.54. The fourth-order valence-corrected chi connectivity index (χ4v) is 7.38. The highest BCUT2D eigenvalue weighted by Gasteiger charge is 2.61. The zero-order valence-corrected chi connectivity index (χ0v) is 17.6. The molecule has 0 radical (unpaired) electrons. The van der Waals surface area contributed by atoms with Crippen molar-refractivity contribution in [2.75, 3.05) is 6.54 Å². The molecule has 0 N–H and O–H groups in total. The molecule has 6 aliphatic rings. The Morgan fingerprint density at radius 3 is 1.66 bits per heavy atom. The first-order chi connectivity index (χ1) is 15.4. The standard InChI is InChI=1S/C24H26N2O6/c27-20-16-11-4-5-12(9-11)17(16)21(28)25(20)8-2-1-3-15(24(31)32)26-22(29)18-13-6-7-14(10-13)19(18)23(26)30/h4-7,11-19H,1-3,8-10H2,(H,31,32)/p-1. The summed E-state index contributed by atoms with van der Waals surface area (Å²) in [7, 11) is 0. The lowest BCUT2D eigenvalue weighted by atomic mass is 9.85. The minimum Gasteiger partial charge on any atom is -0.548 e. The number of rotatable bonds is 7. The van der Waals surface area contributed by atoms with Gasteiger partial charge in [0, 0.05) is 6.54 Å². The Hall–Kier alpha value is -2.77. The van der Waals surface area contributed by atoms with Crippen molar-refractivity contribution in [3.05, 3.63) is 24.3 Å². The topological polar surface area (TPSA) is 115 Å². The predicted molar refractivity (Wildman–Crippen MR) is 107 cm³/mol. The number of fused-ring (bicyclic) bond motifs is 10. The number of unbranched alkanes of at least 4 members (excludes halogenated alkanes) is 1. The van der Waals surface area contributed by atoms with Crippen LogP contribution in [0.25, 0.3) is 0 Å². The van der Waals surface area contributed by atoms with Gasteiger partial charge in [-0.1, -0.05) is 24.3 Å². The fraction of sp³-hybridized carbons (Fsp3) is 0.625. The Labute approximate surface area is 185 Å². The van der Waals surface area contributed by atoms with Crippen LogP contribution < -0.4 is 5.11 Å². The summed E-state index contributed by atoms with van der Waals surface area (Å²) in [6.07, 6.45) is 10.6. The van der Waals surface area contributed by atoms with E-state index in [1.54, 1.807) is 0 Å². The zero-order chi connectivity index (χ0) is 22.3. The van der Waals surface area contributed by atoms with E-state index in [0.29, 0.717) is 12.8 Å². The average molecular weight is 437 g/mol. The highest BCUT2D eigenvalue weighted by atomic mass is 16.4. The number of carbonyl (C=O) groups is 5. The Bertz CT molecular complexity index is 940. The van der Waals surface area contributed by atoms with Crippen molar-refractivity contribution >= 4 is 29.6 Å². The number of allylic oxidation sites excluding steroid dienone is 4. The number of hydrogen-bond acceptors (Lipinski definition) is 6. The smallest absolute Gasteiger partial charge is 0.234 e. The molecule has 8 nitrogen and oxygen atoms in total. The fourth-order valence-electron chi connectivity index (χ4n) is 7.38. The molecule has 9 unspecified atom stereocenters. The Morgan fingerprint density at radius 1 is 0.781 bits per heavy atom. The maximum atomic E-state index is 12.9. The third-order valence-electron chi connectivity index (χ3n) is 8.76. The quantitative estimate of drug-likeness (QED) is 0.312. The molecule has 8 heteroatoms. The lowest BCUT2D eigenvalue weighted by Gasteiger charge is -2.28. The van der Waals surface area contributed by atoms with E-state index in [1.165, 1.54) is 4.90 Å². The third-order valence-corrected chi connectivity index (χ3v) is 8.76. The van der Waals surface area contributed by atoms with E-state index in [2.05, 4.69) is 0 Å². The van der Waals surface area contributed by atoms with E-state index >= 15 is 0 Å². The van der Waals surface area contributed by atoms with E-state index in [9.17, 15) is 29.1 Å². The van der Waals surface area contributed by atoms with Crippen LogP contribution in [0.15, 0.2) is 24.3 Å². The molecule has 0 aromatic carbocycles. The van der Waals surface area contributed by atoms with E-state index in [0.717, 1.165) is 17.7 Å². The molecule has 9 atom stereocenters. The van der Waals surface area contributed by atoms with E-state index in [-0.39, 0.29) is 60.3 Å². The minimum atomic E-state index is -1.43. The Balaban J connectivity index is 1.08. The first-order valence-corrected chi connectivity index (χ1v) is 11.7. The summed E-state index contributed by atoms with van der Waals surface area (Å²) in [5, 5.41) is 11.8. The summed E-state index contributed by atoms with van der Waals surface area (Å²) in [5.74, 6) is -3.47. The molecule has 2 saturated heterocycles. The van der Waals surface area contributed by atoms with Gasteiger partial charge in [-0.25, -0.2) is 0 Å². The Morgan fingerprint density at radius 2 is 1.22 bits per heavy atom. The molecule has 32 heavy (non-hydrogen) atoms.